The predicted octanol–water partition coefficient (Wildman–Crippen LogP) is 2.37. The monoisotopic (exact) mass is 275 g/mol. The van der Waals surface area contributed by atoms with Crippen molar-refractivity contribution in [3.05, 3.63) is 35.5 Å². The van der Waals surface area contributed by atoms with Crippen LogP contribution >= 0.6 is 11.6 Å². The molecule has 2 aromatic heterocycles. The van der Waals surface area contributed by atoms with E-state index in [-0.39, 0.29) is 0 Å². The molecule has 0 amide bonds. The highest BCUT2D eigenvalue weighted by molar-refractivity contribution is 6.33. The van der Waals surface area contributed by atoms with Gasteiger partial charge in [-0.05, 0) is 24.3 Å². The van der Waals surface area contributed by atoms with E-state index in [9.17, 15) is 0 Å². The van der Waals surface area contributed by atoms with Crippen LogP contribution in [0.5, 0.6) is 0 Å². The Labute approximate surface area is 113 Å². The molecule has 6 nitrogen and oxygen atoms in total. The number of nitrogens with zero attached hydrogens (tertiary/aromatic N) is 4. The number of aryl methyl sites for hydroxylation is 1. The first-order chi connectivity index (χ1) is 9.13. The van der Waals surface area contributed by atoms with E-state index in [0.717, 1.165) is 0 Å². The number of anilines is 1. The highest BCUT2D eigenvalue weighted by Gasteiger charge is 2.13. The van der Waals surface area contributed by atoms with Gasteiger partial charge in [0.15, 0.2) is 0 Å². The molecule has 96 valence electrons. The quantitative estimate of drug-likeness (QED) is 0.726. The number of hydrogen-bond acceptors (Lipinski definition) is 5. The van der Waals surface area contributed by atoms with Gasteiger partial charge < -0.3 is 10.3 Å². The van der Waals surface area contributed by atoms with Crippen LogP contribution in [-0.4, -0.2) is 19.9 Å². The summed E-state index contributed by atoms with van der Waals surface area (Å²) < 4.78 is 6.87. The van der Waals surface area contributed by atoms with Crippen molar-refractivity contribution in [1.82, 2.24) is 19.9 Å². The Hall–Kier alpha value is -2.34. The Balaban J connectivity index is 1.98. The zero-order valence-electron chi connectivity index (χ0n) is 10.0. The van der Waals surface area contributed by atoms with Crippen LogP contribution in [0.1, 0.15) is 0 Å². The maximum atomic E-state index is 5.96. The zero-order chi connectivity index (χ0) is 13.4. The molecular weight excluding hydrogens is 266 g/mol. The van der Waals surface area contributed by atoms with Gasteiger partial charge in [0, 0.05) is 18.8 Å². The summed E-state index contributed by atoms with van der Waals surface area (Å²) in [6.07, 6.45) is 1.81. The molecule has 0 fully saturated rings. The summed E-state index contributed by atoms with van der Waals surface area (Å²) in [7, 11) is 1.82. The van der Waals surface area contributed by atoms with Crippen LogP contribution in [0.3, 0.4) is 0 Å². The molecule has 0 atom stereocenters. The van der Waals surface area contributed by atoms with Gasteiger partial charge in [-0.3, -0.25) is 4.68 Å². The number of nitrogens with two attached hydrogens (primary N) is 1. The lowest BCUT2D eigenvalue weighted by molar-refractivity contribution is 0.432. The van der Waals surface area contributed by atoms with Crippen LogP contribution in [0.2, 0.25) is 5.02 Å². The molecular formula is C12H10ClN5O. The second-order valence-corrected chi connectivity index (χ2v) is 4.44. The number of aromatic nitrogens is 4. The van der Waals surface area contributed by atoms with E-state index in [1.807, 2.05) is 19.3 Å². The summed E-state index contributed by atoms with van der Waals surface area (Å²) in [5.41, 5.74) is 7.53. The van der Waals surface area contributed by atoms with Crippen LogP contribution in [0.15, 0.2) is 35.0 Å². The van der Waals surface area contributed by atoms with E-state index in [1.54, 1.807) is 22.9 Å². The molecule has 0 aliphatic rings. The van der Waals surface area contributed by atoms with E-state index in [2.05, 4.69) is 15.2 Å². The molecule has 2 heterocycles. The number of nitrogen functional groups attached to an aromatic ring is 1. The lowest BCUT2D eigenvalue weighted by atomic mass is 10.2. The normalized spacial score (nSPS) is 10.8. The molecule has 0 radical (unpaired) electrons. The van der Waals surface area contributed by atoms with Gasteiger partial charge in [-0.1, -0.05) is 16.8 Å². The van der Waals surface area contributed by atoms with Gasteiger partial charge in [-0.25, -0.2) is 0 Å². The van der Waals surface area contributed by atoms with Crippen molar-refractivity contribution in [2.24, 2.45) is 7.05 Å². The van der Waals surface area contributed by atoms with Crippen molar-refractivity contribution in [3.63, 3.8) is 0 Å². The van der Waals surface area contributed by atoms with Crippen molar-refractivity contribution in [2.75, 3.05) is 5.73 Å². The Bertz CT molecular complexity index is 733. The largest absolute Gasteiger partial charge is 0.398 e. The molecule has 0 saturated heterocycles. The van der Waals surface area contributed by atoms with Crippen LogP contribution < -0.4 is 5.73 Å². The number of hydrogen-bond donors (Lipinski definition) is 1. The first-order valence-electron chi connectivity index (χ1n) is 5.52. The maximum Gasteiger partial charge on any atom is 0.258 e. The lowest BCUT2D eigenvalue weighted by Crippen LogP contribution is -1.89. The van der Waals surface area contributed by atoms with Crippen LogP contribution in [0, 0.1) is 0 Å². The molecule has 0 spiro atoms. The molecule has 0 saturated carbocycles. The molecule has 0 aliphatic carbocycles. The molecule has 7 heteroatoms. The summed E-state index contributed by atoms with van der Waals surface area (Å²) in [4.78, 5) is 4.28. The van der Waals surface area contributed by atoms with Gasteiger partial charge in [-0.2, -0.15) is 10.1 Å². The van der Waals surface area contributed by atoms with Crippen molar-refractivity contribution in [1.29, 1.82) is 0 Å². The predicted molar refractivity (Wildman–Crippen MR) is 71.4 cm³/mol. The average Bonchev–Trinajstić information content (AvgIpc) is 3.01. The highest BCUT2D eigenvalue weighted by atomic mass is 35.5. The fourth-order valence-corrected chi connectivity index (χ4v) is 1.82. The minimum absolute atomic E-state index is 0.377. The summed E-state index contributed by atoms with van der Waals surface area (Å²) in [5, 5.41) is 8.55. The first kappa shape index (κ1) is 11.7. The number of rotatable bonds is 2. The summed E-state index contributed by atoms with van der Waals surface area (Å²) in [6.45, 7) is 0. The smallest absolute Gasteiger partial charge is 0.258 e. The SMILES string of the molecule is Cn1ccc(-c2noc(-c3ccc(N)c(Cl)c3)n2)n1. The van der Waals surface area contributed by atoms with Gasteiger partial charge in [0.25, 0.3) is 5.89 Å². The Kier molecular flexibility index (Phi) is 2.72. The number of halogens is 1. The minimum Gasteiger partial charge on any atom is -0.398 e. The van der Waals surface area contributed by atoms with Gasteiger partial charge in [-0.15, -0.1) is 0 Å². The summed E-state index contributed by atoms with van der Waals surface area (Å²) in [5.74, 6) is 0.811. The van der Waals surface area contributed by atoms with Crippen molar-refractivity contribution < 1.29 is 4.52 Å². The Morgan fingerprint density at radius 2 is 2.16 bits per heavy atom. The molecule has 2 N–H and O–H groups in total. The van der Waals surface area contributed by atoms with Gasteiger partial charge in [0.2, 0.25) is 5.82 Å². The van der Waals surface area contributed by atoms with E-state index >= 15 is 0 Å². The van der Waals surface area contributed by atoms with Crippen LogP contribution in [0.4, 0.5) is 5.69 Å². The summed E-state index contributed by atoms with van der Waals surface area (Å²) >= 11 is 5.96. The Morgan fingerprint density at radius 1 is 1.32 bits per heavy atom. The lowest BCUT2D eigenvalue weighted by Gasteiger charge is -1.98. The topological polar surface area (TPSA) is 82.8 Å². The molecule has 0 aliphatic heterocycles. The summed E-state index contributed by atoms with van der Waals surface area (Å²) in [6, 6.07) is 6.97. The fourth-order valence-electron chi connectivity index (χ4n) is 1.64. The van der Waals surface area contributed by atoms with E-state index in [4.69, 9.17) is 21.9 Å². The first-order valence-corrected chi connectivity index (χ1v) is 5.90. The third-order valence-electron chi connectivity index (χ3n) is 2.62. The van der Waals surface area contributed by atoms with Crippen molar-refractivity contribution >= 4 is 17.3 Å². The molecule has 19 heavy (non-hydrogen) atoms. The second-order valence-electron chi connectivity index (χ2n) is 4.03. The van der Waals surface area contributed by atoms with Gasteiger partial charge in [0.05, 0.1) is 10.7 Å². The van der Waals surface area contributed by atoms with Crippen molar-refractivity contribution in [2.45, 2.75) is 0 Å². The molecule has 3 rings (SSSR count). The van der Waals surface area contributed by atoms with E-state index in [1.165, 1.54) is 0 Å². The van der Waals surface area contributed by atoms with Crippen LogP contribution in [-0.2, 0) is 7.05 Å². The third kappa shape index (κ3) is 2.17. The van der Waals surface area contributed by atoms with Gasteiger partial charge in [0.1, 0.15) is 5.69 Å². The molecule has 0 unspecified atom stereocenters. The molecule has 1 aromatic carbocycles. The van der Waals surface area contributed by atoms with E-state index < -0.39 is 0 Å². The van der Waals surface area contributed by atoms with Crippen LogP contribution in [0.25, 0.3) is 23.0 Å². The molecule has 0 bridgehead atoms. The molecule has 3 aromatic rings. The standard InChI is InChI=1S/C12H10ClN5O/c1-18-5-4-10(16-18)11-15-12(19-17-11)7-2-3-9(14)8(13)6-7/h2-6H,14H2,1H3. The zero-order valence-corrected chi connectivity index (χ0v) is 10.8. The maximum absolute atomic E-state index is 5.96. The average molecular weight is 276 g/mol. The Morgan fingerprint density at radius 3 is 2.84 bits per heavy atom. The second kappa shape index (κ2) is 4.40. The van der Waals surface area contributed by atoms with E-state index in [0.29, 0.717) is 33.7 Å². The highest BCUT2D eigenvalue weighted by Crippen LogP contribution is 2.27. The number of benzene rings is 1. The third-order valence-corrected chi connectivity index (χ3v) is 2.94. The minimum atomic E-state index is 0.377. The fraction of sp³-hybridized carbons (Fsp3) is 0.0833. The van der Waals surface area contributed by atoms with Gasteiger partial charge >= 0.3 is 0 Å². The van der Waals surface area contributed by atoms with Crippen molar-refractivity contribution in [3.8, 4) is 23.0 Å².